The van der Waals surface area contributed by atoms with Gasteiger partial charge in [-0.15, -0.1) is 11.3 Å². The highest BCUT2D eigenvalue weighted by atomic mass is 32.1. The van der Waals surface area contributed by atoms with Gasteiger partial charge < -0.3 is 10.8 Å². The number of nitrogens with two attached hydrogens (primary N) is 1. The Morgan fingerprint density at radius 2 is 1.87 bits per heavy atom. The SMILES string of the molecule is N[C@@H](CO)c1ccc(-c2ccccc2)s1. The highest BCUT2D eigenvalue weighted by molar-refractivity contribution is 7.15. The van der Waals surface area contributed by atoms with E-state index in [-0.39, 0.29) is 12.6 Å². The van der Waals surface area contributed by atoms with Crippen LogP contribution in [0.3, 0.4) is 0 Å². The molecule has 0 saturated heterocycles. The third-order valence-electron chi connectivity index (χ3n) is 2.25. The van der Waals surface area contributed by atoms with Gasteiger partial charge >= 0.3 is 0 Å². The molecule has 78 valence electrons. The molecule has 15 heavy (non-hydrogen) atoms. The second-order valence-electron chi connectivity index (χ2n) is 3.36. The molecular formula is C12H13NOS. The molecule has 0 aliphatic rings. The quantitative estimate of drug-likeness (QED) is 0.832. The van der Waals surface area contributed by atoms with E-state index in [0.717, 1.165) is 4.88 Å². The Bertz CT molecular complexity index is 424. The standard InChI is InChI=1S/C12H13NOS/c13-10(8-14)12-7-6-11(15-12)9-4-2-1-3-5-9/h1-7,10,14H,8,13H2/t10-/m0/s1. The van der Waals surface area contributed by atoms with Crippen LogP contribution in [0.2, 0.25) is 0 Å². The lowest BCUT2D eigenvalue weighted by Gasteiger charge is -2.03. The summed E-state index contributed by atoms with van der Waals surface area (Å²) in [5, 5.41) is 8.95. The molecule has 0 aliphatic carbocycles. The van der Waals surface area contributed by atoms with Crippen LogP contribution in [-0.2, 0) is 0 Å². The molecule has 0 fully saturated rings. The van der Waals surface area contributed by atoms with Gasteiger partial charge in [0.25, 0.3) is 0 Å². The van der Waals surface area contributed by atoms with Crippen LogP contribution in [0.4, 0.5) is 0 Å². The summed E-state index contributed by atoms with van der Waals surface area (Å²) >= 11 is 1.63. The van der Waals surface area contributed by atoms with Crippen molar-refractivity contribution in [2.24, 2.45) is 5.73 Å². The lowest BCUT2D eigenvalue weighted by atomic mass is 10.2. The first-order valence-corrected chi connectivity index (χ1v) is 5.64. The molecule has 2 nitrogen and oxygen atoms in total. The summed E-state index contributed by atoms with van der Waals surface area (Å²) in [6.07, 6.45) is 0. The Balaban J connectivity index is 2.28. The predicted molar refractivity (Wildman–Crippen MR) is 63.8 cm³/mol. The molecule has 0 amide bonds. The van der Waals surface area contributed by atoms with Crippen molar-refractivity contribution in [1.82, 2.24) is 0 Å². The third kappa shape index (κ3) is 2.26. The lowest BCUT2D eigenvalue weighted by Crippen LogP contribution is -2.12. The summed E-state index contributed by atoms with van der Waals surface area (Å²) in [7, 11) is 0. The second kappa shape index (κ2) is 4.57. The fraction of sp³-hybridized carbons (Fsp3) is 0.167. The molecule has 0 bridgehead atoms. The molecule has 3 N–H and O–H groups in total. The van der Waals surface area contributed by atoms with Gasteiger partial charge in [0, 0.05) is 9.75 Å². The molecular weight excluding hydrogens is 206 g/mol. The average molecular weight is 219 g/mol. The monoisotopic (exact) mass is 219 g/mol. The average Bonchev–Trinajstić information content (AvgIpc) is 2.78. The van der Waals surface area contributed by atoms with Crippen molar-refractivity contribution in [2.75, 3.05) is 6.61 Å². The molecule has 1 heterocycles. The van der Waals surface area contributed by atoms with Gasteiger partial charge in [0.1, 0.15) is 0 Å². The smallest absolute Gasteiger partial charge is 0.0632 e. The lowest BCUT2D eigenvalue weighted by molar-refractivity contribution is 0.269. The zero-order valence-corrected chi connectivity index (χ0v) is 9.08. The molecule has 0 radical (unpaired) electrons. The highest BCUT2D eigenvalue weighted by Crippen LogP contribution is 2.30. The van der Waals surface area contributed by atoms with E-state index in [9.17, 15) is 0 Å². The topological polar surface area (TPSA) is 46.2 Å². The van der Waals surface area contributed by atoms with E-state index in [2.05, 4.69) is 12.1 Å². The van der Waals surface area contributed by atoms with Gasteiger partial charge in [0.15, 0.2) is 0 Å². The molecule has 0 saturated carbocycles. The first-order valence-electron chi connectivity index (χ1n) is 4.83. The zero-order valence-electron chi connectivity index (χ0n) is 8.26. The summed E-state index contributed by atoms with van der Waals surface area (Å²) in [5.41, 5.74) is 6.94. The van der Waals surface area contributed by atoms with E-state index in [1.54, 1.807) is 11.3 Å². The van der Waals surface area contributed by atoms with E-state index < -0.39 is 0 Å². The Morgan fingerprint density at radius 1 is 1.13 bits per heavy atom. The van der Waals surface area contributed by atoms with Gasteiger partial charge in [-0.05, 0) is 17.7 Å². The number of aliphatic hydroxyl groups is 1. The molecule has 1 atom stereocenters. The molecule has 3 heteroatoms. The summed E-state index contributed by atoms with van der Waals surface area (Å²) in [5.74, 6) is 0. The maximum Gasteiger partial charge on any atom is 0.0632 e. The van der Waals surface area contributed by atoms with Crippen LogP contribution in [-0.4, -0.2) is 11.7 Å². The van der Waals surface area contributed by atoms with Crippen molar-refractivity contribution in [3.8, 4) is 10.4 Å². The second-order valence-corrected chi connectivity index (χ2v) is 4.47. The predicted octanol–water partition coefficient (Wildman–Crippen LogP) is 2.41. The van der Waals surface area contributed by atoms with Gasteiger partial charge in [-0.1, -0.05) is 30.3 Å². The number of hydrogen-bond donors (Lipinski definition) is 2. The normalized spacial score (nSPS) is 12.7. The number of benzene rings is 1. The minimum atomic E-state index is -0.257. The van der Waals surface area contributed by atoms with Crippen LogP contribution in [0.1, 0.15) is 10.9 Å². The summed E-state index contributed by atoms with van der Waals surface area (Å²) in [4.78, 5) is 2.21. The fourth-order valence-electron chi connectivity index (χ4n) is 1.40. The van der Waals surface area contributed by atoms with Gasteiger partial charge in [-0.25, -0.2) is 0 Å². The summed E-state index contributed by atoms with van der Waals surface area (Å²) in [6.45, 7) is -0.00522. The molecule has 2 rings (SSSR count). The maximum absolute atomic E-state index is 8.95. The molecule has 0 spiro atoms. The van der Waals surface area contributed by atoms with Crippen molar-refractivity contribution in [1.29, 1.82) is 0 Å². The summed E-state index contributed by atoms with van der Waals surface area (Å²) < 4.78 is 0. The molecule has 0 unspecified atom stereocenters. The van der Waals surface area contributed by atoms with Crippen LogP contribution < -0.4 is 5.73 Å². The van der Waals surface area contributed by atoms with Crippen molar-refractivity contribution in [3.63, 3.8) is 0 Å². The third-order valence-corrected chi connectivity index (χ3v) is 3.51. The number of rotatable bonds is 3. The fourth-order valence-corrected chi connectivity index (χ4v) is 2.41. The van der Waals surface area contributed by atoms with Crippen molar-refractivity contribution in [2.45, 2.75) is 6.04 Å². The minimum Gasteiger partial charge on any atom is -0.394 e. The first-order chi connectivity index (χ1) is 7.31. The van der Waals surface area contributed by atoms with E-state index in [4.69, 9.17) is 10.8 Å². The Hall–Kier alpha value is -1.16. The van der Waals surface area contributed by atoms with Crippen LogP contribution >= 0.6 is 11.3 Å². The van der Waals surface area contributed by atoms with Gasteiger partial charge in [0.2, 0.25) is 0 Å². The van der Waals surface area contributed by atoms with Crippen molar-refractivity contribution >= 4 is 11.3 Å². The zero-order chi connectivity index (χ0) is 10.7. The molecule has 2 aromatic rings. The van der Waals surface area contributed by atoms with Gasteiger partial charge in [-0.3, -0.25) is 0 Å². The number of aliphatic hydroxyl groups excluding tert-OH is 1. The van der Waals surface area contributed by atoms with E-state index in [1.165, 1.54) is 10.4 Å². The molecule has 1 aromatic heterocycles. The van der Waals surface area contributed by atoms with Gasteiger partial charge in [-0.2, -0.15) is 0 Å². The van der Waals surface area contributed by atoms with E-state index >= 15 is 0 Å². The van der Waals surface area contributed by atoms with Gasteiger partial charge in [0.05, 0.1) is 12.6 Å². The maximum atomic E-state index is 8.95. The molecule has 1 aromatic carbocycles. The number of thiophene rings is 1. The number of hydrogen-bond acceptors (Lipinski definition) is 3. The first kappa shape index (κ1) is 10.4. The van der Waals surface area contributed by atoms with Crippen molar-refractivity contribution < 1.29 is 5.11 Å². The van der Waals surface area contributed by atoms with Crippen molar-refractivity contribution in [3.05, 3.63) is 47.3 Å². The van der Waals surface area contributed by atoms with Crippen LogP contribution in [0, 0.1) is 0 Å². The highest BCUT2D eigenvalue weighted by Gasteiger charge is 2.08. The van der Waals surface area contributed by atoms with E-state index in [1.807, 2.05) is 30.3 Å². The molecule has 0 aliphatic heterocycles. The van der Waals surface area contributed by atoms with Crippen LogP contribution in [0.5, 0.6) is 0 Å². The Labute approximate surface area is 93.0 Å². The van der Waals surface area contributed by atoms with Crippen LogP contribution in [0.15, 0.2) is 42.5 Å². The summed E-state index contributed by atoms with van der Waals surface area (Å²) in [6, 6.07) is 13.9. The van der Waals surface area contributed by atoms with E-state index in [0.29, 0.717) is 0 Å². The Morgan fingerprint density at radius 3 is 2.53 bits per heavy atom. The minimum absolute atomic E-state index is 0.00522. The van der Waals surface area contributed by atoms with Crippen LogP contribution in [0.25, 0.3) is 10.4 Å². The largest absolute Gasteiger partial charge is 0.394 e. The Kier molecular flexibility index (Phi) is 3.16.